The Hall–Kier alpha value is -0.370. The lowest BCUT2D eigenvalue weighted by Crippen LogP contribution is -2.11. The quantitative estimate of drug-likeness (QED) is 0.598. The fourth-order valence-electron chi connectivity index (χ4n) is 1.18. The fourth-order valence-corrected chi connectivity index (χ4v) is 1.18. The first-order chi connectivity index (χ1) is 5.20. The van der Waals surface area contributed by atoms with Crippen LogP contribution in [0, 0.1) is 5.92 Å². The van der Waals surface area contributed by atoms with Crippen molar-refractivity contribution in [2.75, 3.05) is 0 Å². The molecule has 0 aromatic carbocycles. The fraction of sp³-hybridized carbons (Fsp3) is 0.889. The Morgan fingerprint density at radius 3 is 2.64 bits per heavy atom. The van der Waals surface area contributed by atoms with E-state index in [1.807, 2.05) is 13.8 Å². The summed E-state index contributed by atoms with van der Waals surface area (Å²) in [6.07, 6.45) is 3.89. The Kier molecular flexibility index (Phi) is 6.13. The third-order valence-electron chi connectivity index (χ3n) is 1.79. The van der Waals surface area contributed by atoms with Crippen LogP contribution in [0.2, 0.25) is 0 Å². The summed E-state index contributed by atoms with van der Waals surface area (Å²) in [5.41, 5.74) is 0. The van der Waals surface area contributed by atoms with E-state index >= 15 is 0 Å². The maximum atomic E-state index is 10.1. The Morgan fingerprint density at radius 2 is 2.18 bits per heavy atom. The van der Waals surface area contributed by atoms with Gasteiger partial charge >= 0.3 is 0 Å². The van der Waals surface area contributed by atoms with E-state index in [1.54, 1.807) is 0 Å². The highest BCUT2D eigenvalue weighted by Gasteiger charge is 2.08. The molecule has 0 bridgehead atoms. The first kappa shape index (κ1) is 10.6. The summed E-state index contributed by atoms with van der Waals surface area (Å²) < 4.78 is 0. The molecule has 0 aliphatic rings. The van der Waals surface area contributed by atoms with Crippen molar-refractivity contribution in [3.63, 3.8) is 0 Å². The second-order valence-electron chi connectivity index (χ2n) is 3.19. The largest absolute Gasteiger partial charge is 0.393 e. The smallest absolute Gasteiger partial charge is 0.120 e. The van der Waals surface area contributed by atoms with E-state index in [9.17, 15) is 9.90 Å². The van der Waals surface area contributed by atoms with Crippen LogP contribution in [0.3, 0.4) is 0 Å². The third kappa shape index (κ3) is 6.05. The molecule has 2 heteroatoms. The molecular weight excluding hydrogens is 140 g/mol. The average Bonchev–Trinajstić information content (AvgIpc) is 1.87. The molecule has 0 aromatic rings. The summed E-state index contributed by atoms with van der Waals surface area (Å²) >= 11 is 0. The van der Waals surface area contributed by atoms with Crippen molar-refractivity contribution >= 4 is 6.29 Å². The minimum absolute atomic E-state index is 0.213. The van der Waals surface area contributed by atoms with Gasteiger partial charge in [0.25, 0.3) is 0 Å². The minimum atomic E-state index is -0.213. The van der Waals surface area contributed by atoms with E-state index in [-0.39, 0.29) is 6.10 Å². The zero-order valence-electron chi connectivity index (χ0n) is 7.42. The highest BCUT2D eigenvalue weighted by molar-refractivity contribution is 5.49. The average molecular weight is 158 g/mol. The predicted octanol–water partition coefficient (Wildman–Crippen LogP) is 1.76. The highest BCUT2D eigenvalue weighted by atomic mass is 16.3. The zero-order chi connectivity index (χ0) is 8.69. The summed E-state index contributed by atoms with van der Waals surface area (Å²) in [5, 5.41) is 9.33. The van der Waals surface area contributed by atoms with E-state index in [0.29, 0.717) is 12.3 Å². The Bertz CT molecular complexity index is 102. The summed E-state index contributed by atoms with van der Waals surface area (Å²) in [7, 11) is 0. The van der Waals surface area contributed by atoms with Gasteiger partial charge < -0.3 is 9.90 Å². The molecule has 1 N–H and O–H groups in total. The van der Waals surface area contributed by atoms with Gasteiger partial charge in [-0.1, -0.05) is 20.3 Å². The first-order valence-electron chi connectivity index (χ1n) is 4.32. The molecule has 2 nitrogen and oxygen atoms in total. The molecule has 0 aliphatic heterocycles. The molecule has 66 valence electrons. The zero-order valence-corrected chi connectivity index (χ0v) is 7.42. The van der Waals surface area contributed by atoms with Crippen molar-refractivity contribution in [3.8, 4) is 0 Å². The highest BCUT2D eigenvalue weighted by Crippen LogP contribution is 2.12. The van der Waals surface area contributed by atoms with Gasteiger partial charge in [-0.05, 0) is 18.8 Å². The number of rotatable bonds is 6. The molecule has 0 rings (SSSR count). The number of hydrogen-bond donors (Lipinski definition) is 1. The van der Waals surface area contributed by atoms with E-state index in [2.05, 4.69) is 0 Å². The molecule has 0 fully saturated rings. The minimum Gasteiger partial charge on any atom is -0.393 e. The van der Waals surface area contributed by atoms with E-state index < -0.39 is 0 Å². The molecule has 0 aromatic heterocycles. The Labute approximate surface area is 68.6 Å². The van der Waals surface area contributed by atoms with Crippen LogP contribution in [-0.2, 0) is 4.79 Å². The maximum Gasteiger partial charge on any atom is 0.120 e. The monoisotopic (exact) mass is 158 g/mol. The van der Waals surface area contributed by atoms with Crippen molar-refractivity contribution in [3.05, 3.63) is 0 Å². The van der Waals surface area contributed by atoms with Crippen molar-refractivity contribution in [1.29, 1.82) is 0 Å². The number of aliphatic hydroxyl groups is 1. The first-order valence-corrected chi connectivity index (χ1v) is 4.32. The molecule has 0 radical (unpaired) electrons. The lowest BCUT2D eigenvalue weighted by Gasteiger charge is -2.12. The number of aldehydes is 1. The van der Waals surface area contributed by atoms with Gasteiger partial charge in [0.05, 0.1) is 6.10 Å². The summed E-state index contributed by atoms with van der Waals surface area (Å²) in [5.74, 6) is 0.328. The Balaban J connectivity index is 3.39. The number of carbonyl (C=O) groups excluding carboxylic acids is 1. The predicted molar refractivity (Wildman–Crippen MR) is 45.4 cm³/mol. The number of aliphatic hydroxyl groups excluding tert-OH is 1. The van der Waals surface area contributed by atoms with Crippen LogP contribution in [0.1, 0.15) is 39.5 Å². The normalized spacial score (nSPS) is 15.9. The van der Waals surface area contributed by atoms with Crippen LogP contribution in [0.25, 0.3) is 0 Å². The van der Waals surface area contributed by atoms with Crippen LogP contribution < -0.4 is 0 Å². The van der Waals surface area contributed by atoms with E-state index in [0.717, 1.165) is 25.5 Å². The van der Waals surface area contributed by atoms with Crippen LogP contribution in [0.15, 0.2) is 0 Å². The molecule has 11 heavy (non-hydrogen) atoms. The molecular formula is C9H18O2. The van der Waals surface area contributed by atoms with Crippen molar-refractivity contribution in [1.82, 2.24) is 0 Å². The summed E-state index contributed by atoms with van der Waals surface area (Å²) in [4.78, 5) is 10.1. The van der Waals surface area contributed by atoms with Crippen LogP contribution in [-0.4, -0.2) is 17.5 Å². The van der Waals surface area contributed by atoms with Crippen molar-refractivity contribution in [2.24, 2.45) is 5.92 Å². The van der Waals surface area contributed by atoms with Gasteiger partial charge in [0.1, 0.15) is 6.29 Å². The van der Waals surface area contributed by atoms with Gasteiger partial charge in [-0.2, -0.15) is 0 Å². The SMILES string of the molecule is CCCC(O)CC(C)CC=O. The van der Waals surface area contributed by atoms with Crippen LogP contribution >= 0.6 is 0 Å². The van der Waals surface area contributed by atoms with Gasteiger partial charge in [-0.3, -0.25) is 0 Å². The van der Waals surface area contributed by atoms with E-state index in [4.69, 9.17) is 0 Å². The second kappa shape index (κ2) is 6.35. The lowest BCUT2D eigenvalue weighted by molar-refractivity contribution is -0.108. The molecule has 0 saturated heterocycles. The molecule has 2 unspecified atom stereocenters. The van der Waals surface area contributed by atoms with Gasteiger partial charge in [0.15, 0.2) is 0 Å². The standard InChI is InChI=1S/C9H18O2/c1-3-4-9(11)7-8(2)5-6-10/h6,8-9,11H,3-5,7H2,1-2H3. The molecule has 0 saturated carbocycles. The van der Waals surface area contributed by atoms with Crippen molar-refractivity contribution in [2.45, 2.75) is 45.6 Å². The summed E-state index contributed by atoms with van der Waals surface area (Å²) in [6, 6.07) is 0. The van der Waals surface area contributed by atoms with Gasteiger partial charge in [0, 0.05) is 6.42 Å². The number of hydrogen-bond acceptors (Lipinski definition) is 2. The molecule has 0 amide bonds. The maximum absolute atomic E-state index is 10.1. The van der Waals surface area contributed by atoms with Gasteiger partial charge in [0.2, 0.25) is 0 Å². The summed E-state index contributed by atoms with van der Waals surface area (Å²) in [6.45, 7) is 4.04. The van der Waals surface area contributed by atoms with Gasteiger partial charge in [-0.15, -0.1) is 0 Å². The van der Waals surface area contributed by atoms with Crippen molar-refractivity contribution < 1.29 is 9.90 Å². The molecule has 0 spiro atoms. The second-order valence-corrected chi connectivity index (χ2v) is 3.19. The topological polar surface area (TPSA) is 37.3 Å². The number of carbonyl (C=O) groups is 1. The van der Waals surface area contributed by atoms with Gasteiger partial charge in [-0.25, -0.2) is 0 Å². The van der Waals surface area contributed by atoms with Crippen LogP contribution in [0.4, 0.5) is 0 Å². The Morgan fingerprint density at radius 1 is 1.55 bits per heavy atom. The third-order valence-corrected chi connectivity index (χ3v) is 1.79. The van der Waals surface area contributed by atoms with E-state index in [1.165, 1.54) is 0 Å². The molecule has 0 aliphatic carbocycles. The molecule has 2 atom stereocenters. The lowest BCUT2D eigenvalue weighted by atomic mass is 9.98. The molecule has 0 heterocycles. The van der Waals surface area contributed by atoms with Crippen LogP contribution in [0.5, 0.6) is 0 Å².